The number of anilines is 2. The van der Waals surface area contributed by atoms with E-state index in [0.29, 0.717) is 11.4 Å². The van der Waals surface area contributed by atoms with Gasteiger partial charge in [0, 0.05) is 5.69 Å². The highest BCUT2D eigenvalue weighted by molar-refractivity contribution is 6.11. The molecule has 7 heteroatoms. The summed E-state index contributed by atoms with van der Waals surface area (Å²) in [6.07, 6.45) is 1.12. The number of nitrogens with zero attached hydrogens (tertiary/aromatic N) is 1. The zero-order chi connectivity index (χ0) is 19.5. The second kappa shape index (κ2) is 7.40. The first-order valence-electron chi connectivity index (χ1n) is 8.66. The third kappa shape index (κ3) is 3.37. The van der Waals surface area contributed by atoms with Crippen molar-refractivity contribution >= 4 is 29.2 Å². The van der Waals surface area contributed by atoms with E-state index in [1.54, 1.807) is 54.6 Å². The molecule has 0 radical (unpaired) electrons. The predicted molar refractivity (Wildman–Crippen MR) is 101 cm³/mol. The van der Waals surface area contributed by atoms with Crippen LogP contribution in [0.1, 0.15) is 17.0 Å². The number of carbonyl (C=O) groups is 3. The number of nitrogens with one attached hydrogen (secondary N) is 1. The summed E-state index contributed by atoms with van der Waals surface area (Å²) in [6, 6.07) is 17.5. The van der Waals surface area contributed by atoms with Gasteiger partial charge in [-0.3, -0.25) is 14.5 Å². The number of ether oxygens (including phenoxy) is 1. The molecule has 0 aliphatic carbocycles. The van der Waals surface area contributed by atoms with E-state index in [2.05, 4.69) is 5.32 Å². The molecule has 0 saturated heterocycles. The number of fused-ring (bicyclic) bond motifs is 1. The van der Waals surface area contributed by atoms with E-state index in [1.165, 1.54) is 17.2 Å². The highest BCUT2D eigenvalue weighted by Gasteiger charge is 2.41. The summed E-state index contributed by atoms with van der Waals surface area (Å²) >= 11 is 0. The van der Waals surface area contributed by atoms with Crippen molar-refractivity contribution in [2.75, 3.05) is 10.2 Å². The molecule has 0 unspecified atom stereocenters. The van der Waals surface area contributed by atoms with Crippen LogP contribution in [0.25, 0.3) is 0 Å². The van der Waals surface area contributed by atoms with E-state index in [-0.39, 0.29) is 17.9 Å². The van der Waals surface area contributed by atoms with E-state index < -0.39 is 23.8 Å². The number of rotatable bonds is 4. The molecule has 2 amide bonds. The minimum Gasteiger partial charge on any atom is -0.459 e. The van der Waals surface area contributed by atoms with E-state index in [1.807, 2.05) is 6.07 Å². The molecule has 4 rings (SSSR count). The van der Waals surface area contributed by atoms with Crippen LogP contribution in [0.3, 0.4) is 0 Å². The number of furan rings is 1. The van der Waals surface area contributed by atoms with Gasteiger partial charge in [0.15, 0.2) is 11.5 Å². The van der Waals surface area contributed by atoms with Gasteiger partial charge in [-0.15, -0.1) is 0 Å². The van der Waals surface area contributed by atoms with Crippen LogP contribution < -0.4 is 15.0 Å². The molecule has 140 valence electrons. The minimum atomic E-state index is -1.11. The molecule has 1 aromatic heterocycles. The fraction of sp³-hybridized carbons (Fsp3) is 0.0952. The van der Waals surface area contributed by atoms with Crippen molar-refractivity contribution in [1.29, 1.82) is 0 Å². The Hall–Kier alpha value is -3.87. The van der Waals surface area contributed by atoms with Crippen LogP contribution >= 0.6 is 0 Å². The summed E-state index contributed by atoms with van der Waals surface area (Å²) in [5, 5.41) is 2.72. The molecule has 1 aliphatic heterocycles. The summed E-state index contributed by atoms with van der Waals surface area (Å²) in [5.74, 6) is -1.29. The Labute approximate surface area is 160 Å². The van der Waals surface area contributed by atoms with E-state index in [9.17, 15) is 14.4 Å². The maximum atomic E-state index is 13.0. The summed E-state index contributed by atoms with van der Waals surface area (Å²) in [7, 11) is 0. The lowest BCUT2D eigenvalue weighted by molar-refractivity contribution is -0.138. The van der Waals surface area contributed by atoms with Crippen LogP contribution in [-0.2, 0) is 9.59 Å². The zero-order valence-corrected chi connectivity index (χ0v) is 14.7. The Morgan fingerprint density at radius 2 is 1.71 bits per heavy atom. The Morgan fingerprint density at radius 3 is 2.46 bits per heavy atom. The number of hydrogen-bond acceptors (Lipinski definition) is 5. The normalized spacial score (nSPS) is 15.5. The summed E-state index contributed by atoms with van der Waals surface area (Å²) in [4.78, 5) is 39.4. The molecule has 0 bridgehead atoms. The van der Waals surface area contributed by atoms with Crippen molar-refractivity contribution in [3.8, 4) is 5.75 Å². The first-order chi connectivity index (χ1) is 13.6. The molecular weight excluding hydrogens is 360 g/mol. The van der Waals surface area contributed by atoms with Gasteiger partial charge in [0.25, 0.3) is 5.91 Å². The average molecular weight is 376 g/mol. The Kier molecular flexibility index (Phi) is 4.63. The Morgan fingerprint density at radius 1 is 0.964 bits per heavy atom. The Bertz CT molecular complexity index is 1010. The molecule has 0 spiro atoms. The van der Waals surface area contributed by atoms with Crippen molar-refractivity contribution in [1.82, 2.24) is 0 Å². The van der Waals surface area contributed by atoms with Gasteiger partial charge in [0.05, 0.1) is 18.4 Å². The van der Waals surface area contributed by atoms with Crippen LogP contribution in [0.4, 0.5) is 11.4 Å². The lowest BCUT2D eigenvalue weighted by Crippen LogP contribution is -2.51. The third-order valence-electron chi connectivity index (χ3n) is 4.31. The number of benzene rings is 2. The zero-order valence-electron chi connectivity index (χ0n) is 14.7. The molecule has 3 aromatic rings. The molecule has 28 heavy (non-hydrogen) atoms. The second-order valence-corrected chi connectivity index (χ2v) is 6.18. The number of carbonyl (C=O) groups excluding carboxylic acids is 3. The molecule has 0 saturated carbocycles. The fourth-order valence-corrected chi connectivity index (χ4v) is 3.05. The fourth-order valence-electron chi connectivity index (χ4n) is 3.05. The van der Waals surface area contributed by atoms with Crippen LogP contribution in [-0.4, -0.2) is 23.8 Å². The molecular formula is C21H16N2O5. The maximum Gasteiger partial charge on any atom is 0.335 e. The highest BCUT2D eigenvalue weighted by atomic mass is 16.5. The van der Waals surface area contributed by atoms with Crippen molar-refractivity contribution in [2.24, 2.45) is 0 Å². The van der Waals surface area contributed by atoms with Crippen molar-refractivity contribution in [3.05, 3.63) is 78.8 Å². The maximum absolute atomic E-state index is 13.0. The van der Waals surface area contributed by atoms with Crippen molar-refractivity contribution in [3.63, 3.8) is 0 Å². The smallest absolute Gasteiger partial charge is 0.335 e. The molecule has 1 aliphatic rings. The topological polar surface area (TPSA) is 88.9 Å². The SMILES string of the molecule is O=C(C[C@H]1C(=O)Oc2ccccc2N1C(=O)c1ccco1)Nc1ccccc1. The van der Waals surface area contributed by atoms with Crippen LogP contribution in [0.15, 0.2) is 77.4 Å². The lowest BCUT2D eigenvalue weighted by atomic mass is 10.1. The van der Waals surface area contributed by atoms with Crippen molar-refractivity contribution in [2.45, 2.75) is 12.5 Å². The monoisotopic (exact) mass is 376 g/mol. The molecule has 2 aromatic carbocycles. The largest absolute Gasteiger partial charge is 0.459 e. The standard InChI is InChI=1S/C21H16N2O5/c24-19(22-14-7-2-1-3-8-14)13-16-21(26)28-17-10-5-4-9-15(17)23(16)20(25)18-11-6-12-27-18/h1-12,16H,13H2,(H,22,24)/t16-/m0/s1. The van der Waals surface area contributed by atoms with Gasteiger partial charge in [-0.05, 0) is 36.4 Å². The third-order valence-corrected chi connectivity index (χ3v) is 4.31. The van der Waals surface area contributed by atoms with Gasteiger partial charge >= 0.3 is 5.97 Å². The van der Waals surface area contributed by atoms with Gasteiger partial charge in [0.2, 0.25) is 5.91 Å². The molecule has 1 N–H and O–H groups in total. The van der Waals surface area contributed by atoms with Crippen LogP contribution in [0.2, 0.25) is 0 Å². The number of para-hydroxylation sites is 3. The average Bonchev–Trinajstić information content (AvgIpc) is 3.24. The quantitative estimate of drug-likeness (QED) is 0.558. The minimum absolute atomic E-state index is 0.0676. The molecule has 1 atom stereocenters. The van der Waals surface area contributed by atoms with Gasteiger partial charge in [0.1, 0.15) is 6.04 Å². The molecule has 7 nitrogen and oxygen atoms in total. The van der Waals surface area contributed by atoms with Crippen molar-refractivity contribution < 1.29 is 23.5 Å². The van der Waals surface area contributed by atoms with Crippen LogP contribution in [0, 0.1) is 0 Å². The van der Waals surface area contributed by atoms with Gasteiger partial charge < -0.3 is 14.5 Å². The number of esters is 1. The van der Waals surface area contributed by atoms with E-state index in [0.717, 1.165) is 0 Å². The van der Waals surface area contributed by atoms with Gasteiger partial charge in [-0.2, -0.15) is 0 Å². The Balaban J connectivity index is 1.64. The number of hydrogen-bond donors (Lipinski definition) is 1. The molecule has 0 fully saturated rings. The summed E-state index contributed by atoms with van der Waals surface area (Å²) < 4.78 is 10.6. The highest BCUT2D eigenvalue weighted by Crippen LogP contribution is 2.36. The summed E-state index contributed by atoms with van der Waals surface area (Å²) in [6.45, 7) is 0. The summed E-state index contributed by atoms with van der Waals surface area (Å²) in [5.41, 5.74) is 1.00. The van der Waals surface area contributed by atoms with E-state index in [4.69, 9.17) is 9.15 Å². The van der Waals surface area contributed by atoms with Gasteiger partial charge in [-0.1, -0.05) is 30.3 Å². The van der Waals surface area contributed by atoms with Crippen LogP contribution in [0.5, 0.6) is 5.75 Å². The predicted octanol–water partition coefficient (Wildman–Crippen LogP) is 3.24. The van der Waals surface area contributed by atoms with Gasteiger partial charge in [-0.25, -0.2) is 4.79 Å². The molecule has 2 heterocycles. The lowest BCUT2D eigenvalue weighted by Gasteiger charge is -2.34. The second-order valence-electron chi connectivity index (χ2n) is 6.18. The first kappa shape index (κ1) is 17.5. The number of amides is 2. The van der Waals surface area contributed by atoms with E-state index >= 15 is 0 Å². The first-order valence-corrected chi connectivity index (χ1v) is 8.66.